The standard InChI is InChI=1S/C12H11N5O/c1-17-12(13-7-14-17)16-11(18)10-6-8-4-2-3-5-9(8)15-10/h2-7,15H,1H3,(H,13,14,16,18). The highest BCUT2D eigenvalue weighted by atomic mass is 16.2. The summed E-state index contributed by atoms with van der Waals surface area (Å²) >= 11 is 0. The van der Waals surface area contributed by atoms with Gasteiger partial charge in [-0.3, -0.25) is 10.1 Å². The molecule has 0 atom stereocenters. The third-order valence-electron chi connectivity index (χ3n) is 2.71. The van der Waals surface area contributed by atoms with Crippen molar-refractivity contribution in [2.45, 2.75) is 0 Å². The molecule has 0 aliphatic heterocycles. The van der Waals surface area contributed by atoms with Crippen molar-refractivity contribution in [2.24, 2.45) is 7.05 Å². The Morgan fingerprint density at radius 3 is 2.94 bits per heavy atom. The number of hydrogen-bond acceptors (Lipinski definition) is 3. The quantitative estimate of drug-likeness (QED) is 0.714. The van der Waals surface area contributed by atoms with Crippen LogP contribution in [0.1, 0.15) is 10.5 Å². The van der Waals surface area contributed by atoms with Crippen LogP contribution in [0.3, 0.4) is 0 Å². The van der Waals surface area contributed by atoms with Gasteiger partial charge >= 0.3 is 0 Å². The molecule has 1 aromatic carbocycles. The first-order chi connectivity index (χ1) is 8.74. The van der Waals surface area contributed by atoms with E-state index in [-0.39, 0.29) is 5.91 Å². The fourth-order valence-corrected chi connectivity index (χ4v) is 1.77. The third kappa shape index (κ3) is 1.73. The Hall–Kier alpha value is -2.63. The number of aromatic nitrogens is 4. The van der Waals surface area contributed by atoms with Gasteiger partial charge in [-0.2, -0.15) is 10.1 Å². The smallest absolute Gasteiger partial charge is 0.274 e. The van der Waals surface area contributed by atoms with Crippen molar-refractivity contribution in [1.82, 2.24) is 19.7 Å². The SMILES string of the molecule is Cn1ncnc1NC(=O)c1cc2ccccc2[nH]1. The minimum absolute atomic E-state index is 0.234. The van der Waals surface area contributed by atoms with E-state index in [0.717, 1.165) is 10.9 Å². The van der Waals surface area contributed by atoms with Crippen molar-refractivity contribution < 1.29 is 4.79 Å². The predicted molar refractivity (Wildman–Crippen MR) is 67.3 cm³/mol. The number of carbonyl (C=O) groups is 1. The first kappa shape index (κ1) is 10.5. The maximum atomic E-state index is 12.0. The number of anilines is 1. The molecule has 0 saturated carbocycles. The van der Waals surface area contributed by atoms with Gasteiger partial charge in [0.05, 0.1) is 0 Å². The van der Waals surface area contributed by atoms with Crippen LogP contribution >= 0.6 is 0 Å². The number of hydrogen-bond donors (Lipinski definition) is 2. The van der Waals surface area contributed by atoms with E-state index in [1.807, 2.05) is 24.3 Å². The molecule has 0 bridgehead atoms. The lowest BCUT2D eigenvalue weighted by molar-refractivity contribution is 0.102. The summed E-state index contributed by atoms with van der Waals surface area (Å²) in [6.45, 7) is 0. The van der Waals surface area contributed by atoms with E-state index in [2.05, 4.69) is 20.4 Å². The van der Waals surface area contributed by atoms with Gasteiger partial charge < -0.3 is 4.98 Å². The van der Waals surface area contributed by atoms with Crippen LogP contribution in [0.4, 0.5) is 5.95 Å². The van der Waals surface area contributed by atoms with Crippen LogP contribution in [-0.4, -0.2) is 25.7 Å². The number of para-hydroxylation sites is 1. The molecule has 0 unspecified atom stereocenters. The van der Waals surface area contributed by atoms with Crippen molar-refractivity contribution in [1.29, 1.82) is 0 Å². The Kier molecular flexibility index (Phi) is 2.33. The molecule has 2 heterocycles. The van der Waals surface area contributed by atoms with Crippen LogP contribution in [0, 0.1) is 0 Å². The van der Waals surface area contributed by atoms with Crippen molar-refractivity contribution in [3.8, 4) is 0 Å². The van der Waals surface area contributed by atoms with Gasteiger partial charge in [0, 0.05) is 18.0 Å². The summed E-state index contributed by atoms with van der Waals surface area (Å²) in [5.41, 5.74) is 1.43. The molecule has 3 rings (SSSR count). The normalized spacial score (nSPS) is 10.7. The number of amides is 1. The first-order valence-corrected chi connectivity index (χ1v) is 5.47. The van der Waals surface area contributed by atoms with Crippen molar-refractivity contribution in [3.63, 3.8) is 0 Å². The van der Waals surface area contributed by atoms with E-state index in [1.165, 1.54) is 11.0 Å². The summed E-state index contributed by atoms with van der Waals surface area (Å²) in [5, 5.41) is 7.57. The zero-order chi connectivity index (χ0) is 12.5. The highest BCUT2D eigenvalue weighted by Gasteiger charge is 2.11. The monoisotopic (exact) mass is 241 g/mol. The lowest BCUT2D eigenvalue weighted by Crippen LogP contribution is -2.15. The van der Waals surface area contributed by atoms with Gasteiger partial charge in [0.1, 0.15) is 12.0 Å². The van der Waals surface area contributed by atoms with E-state index < -0.39 is 0 Å². The van der Waals surface area contributed by atoms with Crippen molar-refractivity contribution in [2.75, 3.05) is 5.32 Å². The zero-order valence-corrected chi connectivity index (χ0v) is 9.71. The van der Waals surface area contributed by atoms with Crippen LogP contribution in [0.5, 0.6) is 0 Å². The second kappa shape index (κ2) is 3.99. The minimum Gasteiger partial charge on any atom is -0.351 e. The summed E-state index contributed by atoms with van der Waals surface area (Å²) in [5.74, 6) is 0.181. The predicted octanol–water partition coefficient (Wildman–Crippen LogP) is 1.55. The van der Waals surface area contributed by atoms with E-state index in [0.29, 0.717) is 11.6 Å². The molecule has 0 spiro atoms. The Morgan fingerprint density at radius 2 is 2.22 bits per heavy atom. The molecule has 1 amide bonds. The molecular weight excluding hydrogens is 230 g/mol. The lowest BCUT2D eigenvalue weighted by Gasteiger charge is -2.01. The molecule has 3 aromatic rings. The van der Waals surface area contributed by atoms with E-state index in [1.54, 1.807) is 13.1 Å². The molecule has 0 saturated heterocycles. The molecule has 18 heavy (non-hydrogen) atoms. The molecule has 6 nitrogen and oxygen atoms in total. The third-order valence-corrected chi connectivity index (χ3v) is 2.71. The fraction of sp³-hybridized carbons (Fsp3) is 0.0833. The van der Waals surface area contributed by atoms with Gasteiger partial charge in [0.2, 0.25) is 5.95 Å². The van der Waals surface area contributed by atoms with Crippen LogP contribution in [0.2, 0.25) is 0 Å². The number of carbonyl (C=O) groups excluding carboxylic acids is 1. The first-order valence-electron chi connectivity index (χ1n) is 5.47. The number of aryl methyl sites for hydroxylation is 1. The van der Waals surface area contributed by atoms with Gasteiger partial charge in [0.15, 0.2) is 0 Å². The van der Waals surface area contributed by atoms with Crippen LogP contribution in [0.15, 0.2) is 36.7 Å². The minimum atomic E-state index is -0.234. The van der Waals surface area contributed by atoms with Gasteiger partial charge in [-0.15, -0.1) is 0 Å². The van der Waals surface area contributed by atoms with Gasteiger partial charge in [-0.1, -0.05) is 18.2 Å². The van der Waals surface area contributed by atoms with E-state index >= 15 is 0 Å². The zero-order valence-electron chi connectivity index (χ0n) is 9.71. The van der Waals surface area contributed by atoms with Crippen LogP contribution in [-0.2, 0) is 7.05 Å². The summed E-state index contributed by atoms with van der Waals surface area (Å²) in [6.07, 6.45) is 1.39. The van der Waals surface area contributed by atoms with Crippen LogP contribution < -0.4 is 5.32 Å². The summed E-state index contributed by atoms with van der Waals surface area (Å²) in [4.78, 5) is 19.0. The summed E-state index contributed by atoms with van der Waals surface area (Å²) in [6, 6.07) is 9.53. The van der Waals surface area contributed by atoms with Crippen molar-refractivity contribution >= 4 is 22.8 Å². The fourth-order valence-electron chi connectivity index (χ4n) is 1.77. The molecule has 6 heteroatoms. The average Bonchev–Trinajstić information content (AvgIpc) is 2.96. The molecule has 0 aliphatic carbocycles. The van der Waals surface area contributed by atoms with Gasteiger partial charge in [-0.25, -0.2) is 4.68 Å². The Bertz CT molecular complexity index is 679. The van der Waals surface area contributed by atoms with Gasteiger partial charge in [0.25, 0.3) is 5.91 Å². The van der Waals surface area contributed by atoms with E-state index in [4.69, 9.17) is 0 Å². The number of rotatable bonds is 2. The van der Waals surface area contributed by atoms with Gasteiger partial charge in [-0.05, 0) is 12.1 Å². The Balaban J connectivity index is 1.90. The average molecular weight is 241 g/mol. The highest BCUT2D eigenvalue weighted by molar-refractivity contribution is 6.05. The second-order valence-electron chi connectivity index (χ2n) is 3.93. The number of fused-ring (bicyclic) bond motifs is 1. The molecule has 2 aromatic heterocycles. The number of aromatic amines is 1. The number of nitrogens with one attached hydrogen (secondary N) is 2. The maximum Gasteiger partial charge on any atom is 0.274 e. The lowest BCUT2D eigenvalue weighted by atomic mass is 10.2. The number of benzene rings is 1. The Labute approximate surface area is 103 Å². The topological polar surface area (TPSA) is 75.6 Å². The molecule has 90 valence electrons. The molecule has 2 N–H and O–H groups in total. The summed E-state index contributed by atoms with van der Waals surface area (Å²) in [7, 11) is 1.72. The molecule has 0 fully saturated rings. The maximum absolute atomic E-state index is 12.0. The second-order valence-corrected chi connectivity index (χ2v) is 3.93. The molecule has 0 radical (unpaired) electrons. The highest BCUT2D eigenvalue weighted by Crippen LogP contribution is 2.15. The Morgan fingerprint density at radius 1 is 1.39 bits per heavy atom. The molecule has 0 aliphatic rings. The van der Waals surface area contributed by atoms with Crippen LogP contribution in [0.25, 0.3) is 10.9 Å². The number of nitrogens with zero attached hydrogens (tertiary/aromatic N) is 3. The largest absolute Gasteiger partial charge is 0.351 e. The number of H-pyrrole nitrogens is 1. The van der Waals surface area contributed by atoms with Crippen molar-refractivity contribution in [3.05, 3.63) is 42.4 Å². The molecular formula is C12H11N5O. The summed E-state index contributed by atoms with van der Waals surface area (Å²) < 4.78 is 1.50. The van der Waals surface area contributed by atoms with E-state index in [9.17, 15) is 4.79 Å².